The number of aromatic nitrogens is 2. The van der Waals surface area contributed by atoms with Crippen LogP contribution in [-0.2, 0) is 13.2 Å². The van der Waals surface area contributed by atoms with Crippen molar-refractivity contribution < 1.29 is 13.9 Å². The van der Waals surface area contributed by atoms with Crippen molar-refractivity contribution in [1.82, 2.24) is 14.9 Å². The van der Waals surface area contributed by atoms with Crippen molar-refractivity contribution in [3.63, 3.8) is 0 Å². The number of benzene rings is 1. The Hall–Kier alpha value is -2.93. The Balaban J connectivity index is 1.59. The second kappa shape index (κ2) is 9.05. The van der Waals surface area contributed by atoms with E-state index in [1.54, 1.807) is 43.1 Å². The van der Waals surface area contributed by atoms with Gasteiger partial charge in [-0.1, -0.05) is 32.4 Å². The average molecular weight is 417 g/mol. The highest BCUT2D eigenvalue weighted by Crippen LogP contribution is 2.28. The number of nitrogens with one attached hydrogen (secondary N) is 2. The minimum Gasteiger partial charge on any atom is -0.484 e. The van der Waals surface area contributed by atoms with Gasteiger partial charge in [-0.05, 0) is 35.7 Å². The van der Waals surface area contributed by atoms with E-state index in [2.05, 4.69) is 36.4 Å². The lowest BCUT2D eigenvalue weighted by Crippen LogP contribution is -2.47. The van der Waals surface area contributed by atoms with E-state index in [9.17, 15) is 4.79 Å². The number of imidazole rings is 1. The van der Waals surface area contributed by atoms with Crippen LogP contribution in [0.1, 0.15) is 26.5 Å². The molecule has 0 spiro atoms. The van der Waals surface area contributed by atoms with E-state index in [1.807, 2.05) is 16.8 Å². The van der Waals surface area contributed by atoms with E-state index >= 15 is 0 Å². The Morgan fingerprint density at radius 1 is 1.34 bits per heavy atom. The van der Waals surface area contributed by atoms with E-state index in [4.69, 9.17) is 20.8 Å². The molecule has 0 radical (unpaired) electrons. The van der Waals surface area contributed by atoms with Crippen LogP contribution in [0.5, 0.6) is 5.75 Å². The second-order valence-electron chi connectivity index (χ2n) is 7.79. The van der Waals surface area contributed by atoms with Crippen molar-refractivity contribution in [1.29, 1.82) is 0 Å². The molecule has 29 heavy (non-hydrogen) atoms. The Bertz CT molecular complexity index is 918. The van der Waals surface area contributed by atoms with Gasteiger partial charge in [0.15, 0.2) is 0 Å². The predicted molar refractivity (Wildman–Crippen MR) is 112 cm³/mol. The Morgan fingerprint density at radius 3 is 2.79 bits per heavy atom. The van der Waals surface area contributed by atoms with Crippen molar-refractivity contribution in [3.05, 3.63) is 66.1 Å². The molecule has 2 N–H and O–H groups in total. The summed E-state index contributed by atoms with van der Waals surface area (Å²) in [6.07, 6.45) is 6.92. The summed E-state index contributed by atoms with van der Waals surface area (Å²) in [4.78, 5) is 16.6. The summed E-state index contributed by atoms with van der Waals surface area (Å²) in [6, 6.07) is 8.33. The van der Waals surface area contributed by atoms with Crippen LogP contribution >= 0.6 is 11.6 Å². The van der Waals surface area contributed by atoms with Gasteiger partial charge in [-0.15, -0.1) is 0 Å². The molecule has 8 heteroatoms. The van der Waals surface area contributed by atoms with Crippen molar-refractivity contribution in [3.8, 4) is 5.75 Å². The maximum Gasteiger partial charge on any atom is 0.319 e. The molecule has 0 aliphatic rings. The molecule has 2 aromatic heterocycles. The largest absolute Gasteiger partial charge is 0.484 e. The normalized spacial score (nSPS) is 12.4. The number of amides is 2. The van der Waals surface area contributed by atoms with E-state index in [-0.39, 0.29) is 24.1 Å². The maximum atomic E-state index is 12.5. The van der Waals surface area contributed by atoms with Crippen LogP contribution in [0.15, 0.2) is 59.7 Å². The van der Waals surface area contributed by atoms with Gasteiger partial charge >= 0.3 is 6.03 Å². The number of carbonyl (C=O) groups excluding carboxylic acids is 1. The minimum absolute atomic E-state index is 0.0944. The highest BCUT2D eigenvalue weighted by molar-refractivity contribution is 6.32. The van der Waals surface area contributed by atoms with Crippen LogP contribution in [-0.4, -0.2) is 21.6 Å². The van der Waals surface area contributed by atoms with Crippen molar-refractivity contribution in [2.24, 2.45) is 5.41 Å². The lowest BCUT2D eigenvalue weighted by atomic mass is 9.86. The first kappa shape index (κ1) is 20.8. The van der Waals surface area contributed by atoms with Gasteiger partial charge < -0.3 is 24.4 Å². The van der Waals surface area contributed by atoms with Gasteiger partial charge in [0.05, 0.1) is 23.7 Å². The number of hydrogen-bond donors (Lipinski definition) is 2. The van der Waals surface area contributed by atoms with E-state index in [0.717, 1.165) is 0 Å². The van der Waals surface area contributed by atoms with Gasteiger partial charge in [0.2, 0.25) is 0 Å². The fraction of sp³-hybridized carbons (Fsp3) is 0.333. The molecule has 154 valence electrons. The van der Waals surface area contributed by atoms with E-state index < -0.39 is 0 Å². The molecule has 1 atom stereocenters. The SMILES string of the molecule is CC(C)(C)C(Cn1ccnc1)NC(=O)Nc1ccc(OCc2ccco2)c(Cl)c1. The van der Waals surface area contributed by atoms with Crippen LogP contribution in [0.4, 0.5) is 10.5 Å². The van der Waals surface area contributed by atoms with Gasteiger partial charge in [-0.3, -0.25) is 0 Å². The van der Waals surface area contributed by atoms with Crippen molar-refractivity contribution >= 4 is 23.3 Å². The summed E-state index contributed by atoms with van der Waals surface area (Å²) in [7, 11) is 0. The van der Waals surface area contributed by atoms with E-state index in [0.29, 0.717) is 28.8 Å². The van der Waals surface area contributed by atoms with E-state index in [1.165, 1.54) is 0 Å². The summed E-state index contributed by atoms with van der Waals surface area (Å²) in [5.41, 5.74) is 0.441. The molecule has 0 saturated carbocycles. The summed E-state index contributed by atoms with van der Waals surface area (Å²) in [5.74, 6) is 1.22. The first-order valence-corrected chi connectivity index (χ1v) is 9.67. The third-order valence-corrected chi connectivity index (χ3v) is 4.74. The topological polar surface area (TPSA) is 81.3 Å². The molecule has 2 amide bonds. The lowest BCUT2D eigenvalue weighted by Gasteiger charge is -2.31. The first-order chi connectivity index (χ1) is 13.8. The Labute approximate surface area is 175 Å². The summed E-state index contributed by atoms with van der Waals surface area (Å²) >= 11 is 6.29. The van der Waals surface area contributed by atoms with Crippen LogP contribution in [0, 0.1) is 5.41 Å². The number of nitrogens with zero attached hydrogens (tertiary/aromatic N) is 2. The molecular weight excluding hydrogens is 392 g/mol. The van der Waals surface area contributed by atoms with Crippen molar-refractivity contribution in [2.75, 3.05) is 5.32 Å². The number of rotatable bonds is 7. The van der Waals surface area contributed by atoms with Gasteiger partial charge in [-0.2, -0.15) is 0 Å². The molecule has 7 nitrogen and oxygen atoms in total. The monoisotopic (exact) mass is 416 g/mol. The van der Waals surface area contributed by atoms with Crippen molar-refractivity contribution in [2.45, 2.75) is 40.0 Å². The molecule has 0 aliphatic carbocycles. The standard InChI is InChI=1S/C21H25ClN4O3/c1-21(2,3)19(12-26-9-8-23-14-26)25-20(27)24-15-6-7-18(17(22)11-15)29-13-16-5-4-10-28-16/h4-11,14,19H,12-13H2,1-3H3,(H2,24,25,27). The number of anilines is 1. The summed E-state index contributed by atoms with van der Waals surface area (Å²) < 4.78 is 12.8. The molecule has 1 aromatic carbocycles. The number of urea groups is 1. The van der Waals surface area contributed by atoms with Crippen LogP contribution < -0.4 is 15.4 Å². The summed E-state index contributed by atoms with van der Waals surface area (Å²) in [5, 5.41) is 6.27. The first-order valence-electron chi connectivity index (χ1n) is 9.29. The second-order valence-corrected chi connectivity index (χ2v) is 8.20. The number of ether oxygens (including phenoxy) is 1. The zero-order valence-corrected chi connectivity index (χ0v) is 17.4. The zero-order chi connectivity index (χ0) is 20.9. The molecule has 1 unspecified atom stereocenters. The number of carbonyl (C=O) groups is 1. The molecule has 0 saturated heterocycles. The molecule has 0 bridgehead atoms. The Kier molecular flexibility index (Phi) is 6.49. The highest BCUT2D eigenvalue weighted by Gasteiger charge is 2.26. The molecule has 3 rings (SSSR count). The third kappa shape index (κ3) is 6.02. The number of hydrogen-bond acceptors (Lipinski definition) is 4. The minimum atomic E-state index is -0.301. The van der Waals surface area contributed by atoms with Gasteiger partial charge in [-0.25, -0.2) is 9.78 Å². The zero-order valence-electron chi connectivity index (χ0n) is 16.7. The fourth-order valence-electron chi connectivity index (χ4n) is 2.71. The number of furan rings is 1. The quantitative estimate of drug-likeness (QED) is 0.571. The Morgan fingerprint density at radius 2 is 2.17 bits per heavy atom. The van der Waals surface area contributed by atoms with Crippen LogP contribution in [0.25, 0.3) is 0 Å². The van der Waals surface area contributed by atoms with Gasteiger partial charge in [0.1, 0.15) is 18.1 Å². The maximum absolute atomic E-state index is 12.5. The van der Waals surface area contributed by atoms with Crippen LogP contribution in [0.2, 0.25) is 5.02 Å². The highest BCUT2D eigenvalue weighted by atomic mass is 35.5. The van der Waals surface area contributed by atoms with Gasteiger partial charge in [0, 0.05) is 24.6 Å². The molecule has 0 fully saturated rings. The molecule has 2 heterocycles. The van der Waals surface area contributed by atoms with Crippen LogP contribution in [0.3, 0.4) is 0 Å². The lowest BCUT2D eigenvalue weighted by molar-refractivity contribution is 0.218. The molecular formula is C21H25ClN4O3. The average Bonchev–Trinajstić information content (AvgIpc) is 3.33. The third-order valence-electron chi connectivity index (χ3n) is 4.44. The fourth-order valence-corrected chi connectivity index (χ4v) is 2.94. The van der Waals surface area contributed by atoms with Gasteiger partial charge in [0.25, 0.3) is 0 Å². The predicted octanol–water partition coefficient (Wildman–Crippen LogP) is 4.94. The molecule has 0 aliphatic heterocycles. The summed E-state index contributed by atoms with van der Waals surface area (Å²) in [6.45, 7) is 7.14. The molecule has 3 aromatic rings. The number of halogens is 1. The smallest absolute Gasteiger partial charge is 0.319 e.